The molecule has 0 aliphatic carbocycles. The number of rotatable bonds is 8. The third kappa shape index (κ3) is 5.73. The fourth-order valence-corrected chi connectivity index (χ4v) is 4.38. The SMILES string of the molecule is CCOc1cc(C=C2SC(=S)N(C)C2=O)cc(Cl)c1OCCOc1cc(C)ccc1C. The molecule has 2 aromatic rings. The van der Waals surface area contributed by atoms with Gasteiger partial charge in [-0.3, -0.25) is 9.69 Å². The van der Waals surface area contributed by atoms with Crippen molar-refractivity contribution in [3.8, 4) is 17.2 Å². The van der Waals surface area contributed by atoms with Crippen molar-refractivity contribution in [2.24, 2.45) is 0 Å². The Hall–Kier alpha value is -2.22. The molecule has 1 saturated heterocycles. The van der Waals surface area contributed by atoms with Gasteiger partial charge in [-0.25, -0.2) is 0 Å². The maximum Gasteiger partial charge on any atom is 0.265 e. The molecule has 0 saturated carbocycles. The fraction of sp³-hybridized carbons (Fsp3) is 0.304. The number of thioether (sulfide) groups is 1. The highest BCUT2D eigenvalue weighted by Gasteiger charge is 2.28. The quantitative estimate of drug-likeness (QED) is 0.278. The first-order valence-corrected chi connectivity index (χ1v) is 11.4. The molecule has 5 nitrogen and oxygen atoms in total. The minimum absolute atomic E-state index is 0.131. The summed E-state index contributed by atoms with van der Waals surface area (Å²) in [6, 6.07) is 9.63. The predicted molar refractivity (Wildman–Crippen MR) is 130 cm³/mol. The van der Waals surface area contributed by atoms with Gasteiger partial charge in [-0.05, 0) is 61.7 Å². The Morgan fingerprint density at radius 3 is 2.52 bits per heavy atom. The number of halogens is 1. The van der Waals surface area contributed by atoms with E-state index in [0.29, 0.717) is 45.6 Å². The summed E-state index contributed by atoms with van der Waals surface area (Å²) in [6.45, 7) is 7.04. The summed E-state index contributed by atoms with van der Waals surface area (Å²) in [7, 11) is 1.66. The second-order valence-corrected chi connectivity index (χ2v) is 9.05. The van der Waals surface area contributed by atoms with Crippen LogP contribution in [0.2, 0.25) is 5.02 Å². The Balaban J connectivity index is 1.72. The van der Waals surface area contributed by atoms with Gasteiger partial charge in [0, 0.05) is 7.05 Å². The van der Waals surface area contributed by atoms with Crippen LogP contribution >= 0.6 is 35.6 Å². The van der Waals surface area contributed by atoms with E-state index < -0.39 is 0 Å². The average Bonchev–Trinajstić information content (AvgIpc) is 2.96. The van der Waals surface area contributed by atoms with E-state index in [9.17, 15) is 4.79 Å². The van der Waals surface area contributed by atoms with Crippen LogP contribution in [0.15, 0.2) is 35.2 Å². The Bertz CT molecular complexity index is 1040. The van der Waals surface area contributed by atoms with E-state index in [1.165, 1.54) is 16.7 Å². The van der Waals surface area contributed by atoms with Gasteiger partial charge in [0.1, 0.15) is 23.3 Å². The maximum atomic E-state index is 12.3. The summed E-state index contributed by atoms with van der Waals surface area (Å²) in [4.78, 5) is 14.3. The van der Waals surface area contributed by atoms with Gasteiger partial charge >= 0.3 is 0 Å². The molecule has 0 atom stereocenters. The van der Waals surface area contributed by atoms with E-state index in [0.717, 1.165) is 22.4 Å². The molecule has 1 aliphatic heterocycles. The normalized spacial score (nSPS) is 15.0. The van der Waals surface area contributed by atoms with Crippen molar-refractivity contribution >= 4 is 51.9 Å². The molecule has 1 aliphatic rings. The number of carbonyl (C=O) groups is 1. The summed E-state index contributed by atoms with van der Waals surface area (Å²) in [5, 5.41) is 0.399. The number of thiocarbonyl (C=S) groups is 1. The number of carbonyl (C=O) groups excluding carboxylic acids is 1. The molecule has 0 radical (unpaired) electrons. The lowest BCUT2D eigenvalue weighted by Crippen LogP contribution is -2.22. The van der Waals surface area contributed by atoms with Crippen LogP contribution in [0.5, 0.6) is 17.2 Å². The molecule has 1 heterocycles. The monoisotopic (exact) mass is 477 g/mol. The summed E-state index contributed by atoms with van der Waals surface area (Å²) >= 11 is 12.9. The lowest BCUT2D eigenvalue weighted by Gasteiger charge is -2.15. The number of hydrogen-bond acceptors (Lipinski definition) is 6. The van der Waals surface area contributed by atoms with Gasteiger partial charge in [0.15, 0.2) is 11.5 Å². The highest BCUT2D eigenvalue weighted by atomic mass is 35.5. The smallest absolute Gasteiger partial charge is 0.265 e. The highest BCUT2D eigenvalue weighted by Crippen LogP contribution is 2.39. The third-order valence-corrected chi connectivity index (χ3v) is 6.31. The zero-order chi connectivity index (χ0) is 22.5. The van der Waals surface area contributed by atoms with Crippen molar-refractivity contribution in [1.29, 1.82) is 0 Å². The zero-order valence-electron chi connectivity index (χ0n) is 17.9. The molecule has 2 aromatic carbocycles. The number of hydrogen-bond donors (Lipinski definition) is 0. The lowest BCUT2D eigenvalue weighted by atomic mass is 10.1. The molecule has 3 rings (SSSR count). The predicted octanol–water partition coefficient (Wildman–Crippen LogP) is 5.64. The highest BCUT2D eigenvalue weighted by molar-refractivity contribution is 8.26. The first kappa shape index (κ1) is 23.4. The first-order chi connectivity index (χ1) is 14.8. The van der Waals surface area contributed by atoms with Gasteiger partial charge in [-0.15, -0.1) is 0 Å². The molecule has 164 valence electrons. The van der Waals surface area contributed by atoms with Gasteiger partial charge in [0.05, 0.1) is 16.5 Å². The Kier molecular flexibility index (Phi) is 7.86. The van der Waals surface area contributed by atoms with Crippen molar-refractivity contribution in [3.05, 3.63) is 56.9 Å². The number of benzene rings is 2. The number of aryl methyl sites for hydroxylation is 2. The van der Waals surface area contributed by atoms with Crippen molar-refractivity contribution in [2.45, 2.75) is 20.8 Å². The van der Waals surface area contributed by atoms with Crippen LogP contribution in [0, 0.1) is 13.8 Å². The summed E-state index contributed by atoms with van der Waals surface area (Å²) in [5.74, 6) is 1.67. The van der Waals surface area contributed by atoms with Crippen LogP contribution < -0.4 is 14.2 Å². The molecular weight excluding hydrogens is 454 g/mol. The molecule has 0 spiro atoms. The van der Waals surface area contributed by atoms with Crippen LogP contribution in [0.4, 0.5) is 0 Å². The van der Waals surface area contributed by atoms with Crippen molar-refractivity contribution in [2.75, 3.05) is 26.9 Å². The second-order valence-electron chi connectivity index (χ2n) is 6.97. The lowest BCUT2D eigenvalue weighted by molar-refractivity contribution is -0.121. The van der Waals surface area contributed by atoms with Crippen molar-refractivity contribution in [3.63, 3.8) is 0 Å². The second kappa shape index (κ2) is 10.4. The standard InChI is InChI=1S/C23H24ClNO4S2/c1-5-27-19-12-16(13-20-22(26)25(4)23(30)31-20)11-17(24)21(19)29-9-8-28-18-10-14(2)6-7-15(18)3/h6-7,10-13H,5,8-9H2,1-4H3. The summed E-state index contributed by atoms with van der Waals surface area (Å²) in [6.07, 6.45) is 1.75. The van der Waals surface area contributed by atoms with E-state index in [2.05, 4.69) is 0 Å². The van der Waals surface area contributed by atoms with E-state index in [-0.39, 0.29) is 5.91 Å². The molecular formula is C23H24ClNO4S2. The van der Waals surface area contributed by atoms with Crippen molar-refractivity contribution < 1.29 is 19.0 Å². The maximum absolute atomic E-state index is 12.3. The minimum atomic E-state index is -0.131. The molecule has 8 heteroatoms. The Morgan fingerprint density at radius 2 is 1.84 bits per heavy atom. The Labute approximate surface area is 197 Å². The number of amides is 1. The topological polar surface area (TPSA) is 48.0 Å². The van der Waals surface area contributed by atoms with Gasteiger partial charge in [0.2, 0.25) is 0 Å². The van der Waals surface area contributed by atoms with E-state index in [4.69, 9.17) is 38.0 Å². The molecule has 0 unspecified atom stereocenters. The van der Waals surface area contributed by atoms with Gasteiger partial charge < -0.3 is 14.2 Å². The van der Waals surface area contributed by atoms with E-state index >= 15 is 0 Å². The molecule has 0 bridgehead atoms. The van der Waals surface area contributed by atoms with Crippen LogP contribution in [-0.4, -0.2) is 42.0 Å². The summed E-state index contributed by atoms with van der Waals surface area (Å²) in [5.41, 5.74) is 2.95. The first-order valence-electron chi connectivity index (χ1n) is 9.81. The summed E-state index contributed by atoms with van der Waals surface area (Å²) < 4.78 is 18.0. The van der Waals surface area contributed by atoms with Crippen LogP contribution in [0.1, 0.15) is 23.6 Å². The third-order valence-electron chi connectivity index (χ3n) is 4.55. The van der Waals surface area contributed by atoms with E-state index in [1.54, 1.807) is 25.3 Å². The Morgan fingerprint density at radius 1 is 1.10 bits per heavy atom. The number of ether oxygens (including phenoxy) is 3. The molecule has 1 fully saturated rings. The van der Waals surface area contributed by atoms with Crippen LogP contribution in [-0.2, 0) is 4.79 Å². The molecule has 0 aromatic heterocycles. The number of likely N-dealkylation sites (N-methyl/N-ethyl adjacent to an activating group) is 1. The van der Waals surface area contributed by atoms with Gasteiger partial charge in [-0.2, -0.15) is 0 Å². The minimum Gasteiger partial charge on any atom is -0.490 e. The van der Waals surface area contributed by atoms with Crippen LogP contribution in [0.25, 0.3) is 6.08 Å². The molecule has 0 N–H and O–H groups in total. The van der Waals surface area contributed by atoms with Gasteiger partial charge in [-0.1, -0.05) is 47.7 Å². The van der Waals surface area contributed by atoms with Crippen LogP contribution in [0.3, 0.4) is 0 Å². The van der Waals surface area contributed by atoms with Crippen molar-refractivity contribution in [1.82, 2.24) is 4.90 Å². The number of nitrogens with zero attached hydrogens (tertiary/aromatic N) is 1. The molecule has 1 amide bonds. The van der Waals surface area contributed by atoms with Gasteiger partial charge in [0.25, 0.3) is 5.91 Å². The fourth-order valence-electron chi connectivity index (χ4n) is 2.93. The average molecular weight is 478 g/mol. The largest absolute Gasteiger partial charge is 0.490 e. The van der Waals surface area contributed by atoms with E-state index in [1.807, 2.05) is 39.0 Å². The molecule has 31 heavy (non-hydrogen) atoms. The zero-order valence-corrected chi connectivity index (χ0v) is 20.2.